The van der Waals surface area contributed by atoms with E-state index in [1.165, 1.54) is 11.1 Å². The maximum Gasteiger partial charge on any atom is 0.125 e. The Morgan fingerprint density at radius 2 is 2.05 bits per heavy atom. The molecule has 0 bridgehead atoms. The number of benzene rings is 2. The summed E-state index contributed by atoms with van der Waals surface area (Å²) in [5.74, 6) is -0.178. The highest BCUT2D eigenvalue weighted by Crippen LogP contribution is 2.37. The molecule has 2 aromatic rings. The van der Waals surface area contributed by atoms with Gasteiger partial charge in [0.15, 0.2) is 0 Å². The second-order valence-corrected chi connectivity index (χ2v) is 5.89. The van der Waals surface area contributed by atoms with Crippen molar-refractivity contribution in [1.29, 1.82) is 0 Å². The molecule has 0 unspecified atom stereocenters. The summed E-state index contributed by atoms with van der Waals surface area (Å²) in [7, 11) is 1.93. The Morgan fingerprint density at radius 3 is 2.85 bits per heavy atom. The fourth-order valence-corrected chi connectivity index (χ4v) is 3.16. The molecule has 2 aromatic carbocycles. The van der Waals surface area contributed by atoms with Gasteiger partial charge in [0.25, 0.3) is 0 Å². The van der Waals surface area contributed by atoms with Crippen molar-refractivity contribution >= 4 is 27.3 Å². The average molecular weight is 335 g/mol. The first-order valence-corrected chi connectivity index (χ1v) is 7.47. The molecule has 0 saturated heterocycles. The zero-order chi connectivity index (χ0) is 14.1. The second-order valence-electron chi connectivity index (χ2n) is 4.98. The first-order valence-electron chi connectivity index (χ1n) is 6.68. The number of rotatable bonds is 3. The van der Waals surface area contributed by atoms with Gasteiger partial charge in [-0.3, -0.25) is 0 Å². The predicted octanol–water partition coefficient (Wildman–Crippen LogP) is 4.00. The van der Waals surface area contributed by atoms with Crippen LogP contribution in [-0.2, 0) is 13.0 Å². The van der Waals surface area contributed by atoms with Crippen LogP contribution in [0.1, 0.15) is 11.1 Å². The third kappa shape index (κ3) is 2.45. The quantitative estimate of drug-likeness (QED) is 0.912. The van der Waals surface area contributed by atoms with Crippen molar-refractivity contribution < 1.29 is 4.39 Å². The van der Waals surface area contributed by atoms with E-state index in [-0.39, 0.29) is 5.82 Å². The van der Waals surface area contributed by atoms with Crippen LogP contribution in [0.3, 0.4) is 0 Å². The van der Waals surface area contributed by atoms with Crippen LogP contribution in [0, 0.1) is 5.82 Å². The first-order chi connectivity index (χ1) is 9.69. The molecule has 0 spiro atoms. The first kappa shape index (κ1) is 13.6. The number of nitrogens with zero attached hydrogens (tertiary/aromatic N) is 1. The Hall–Kier alpha value is -1.39. The zero-order valence-corrected chi connectivity index (χ0v) is 12.9. The summed E-state index contributed by atoms with van der Waals surface area (Å²) in [5.41, 5.74) is 4.56. The Morgan fingerprint density at radius 1 is 1.20 bits per heavy atom. The molecule has 1 aliphatic heterocycles. The van der Waals surface area contributed by atoms with E-state index >= 15 is 0 Å². The van der Waals surface area contributed by atoms with Crippen molar-refractivity contribution in [2.24, 2.45) is 0 Å². The average Bonchev–Trinajstić information content (AvgIpc) is 2.82. The summed E-state index contributed by atoms with van der Waals surface area (Å²) >= 11 is 3.51. The summed E-state index contributed by atoms with van der Waals surface area (Å²) in [6.45, 7) is 1.69. The standard InChI is InChI=1S/C16H16BrFN2/c1-19-10-12-8-13(17)3-5-15(12)20-7-6-11-2-4-14(18)9-16(11)20/h2-5,8-9,19H,6-7,10H2,1H3. The van der Waals surface area contributed by atoms with E-state index in [9.17, 15) is 4.39 Å². The van der Waals surface area contributed by atoms with E-state index in [1.807, 2.05) is 19.2 Å². The lowest BCUT2D eigenvalue weighted by Crippen LogP contribution is -2.17. The van der Waals surface area contributed by atoms with Crippen molar-refractivity contribution in [2.75, 3.05) is 18.5 Å². The third-order valence-corrected chi connectivity index (χ3v) is 4.14. The monoisotopic (exact) mass is 334 g/mol. The molecule has 0 amide bonds. The number of halogens is 2. The van der Waals surface area contributed by atoms with Gasteiger partial charge >= 0.3 is 0 Å². The van der Waals surface area contributed by atoms with Gasteiger partial charge in [-0.1, -0.05) is 22.0 Å². The fraction of sp³-hybridized carbons (Fsp3) is 0.250. The molecule has 1 N–H and O–H groups in total. The highest BCUT2D eigenvalue weighted by Gasteiger charge is 2.22. The Bertz CT molecular complexity index is 642. The normalized spacial score (nSPS) is 13.7. The Kier molecular flexibility index (Phi) is 3.76. The number of anilines is 2. The van der Waals surface area contributed by atoms with Crippen LogP contribution < -0.4 is 10.2 Å². The van der Waals surface area contributed by atoms with Crippen LogP contribution in [0.2, 0.25) is 0 Å². The lowest BCUT2D eigenvalue weighted by molar-refractivity contribution is 0.628. The lowest BCUT2D eigenvalue weighted by atomic mass is 10.1. The minimum absolute atomic E-state index is 0.178. The number of hydrogen-bond donors (Lipinski definition) is 1. The van der Waals surface area contributed by atoms with E-state index in [4.69, 9.17) is 0 Å². The van der Waals surface area contributed by atoms with Crippen molar-refractivity contribution in [1.82, 2.24) is 5.32 Å². The van der Waals surface area contributed by atoms with Crippen LogP contribution in [-0.4, -0.2) is 13.6 Å². The van der Waals surface area contributed by atoms with E-state index < -0.39 is 0 Å². The molecule has 0 aliphatic carbocycles. The molecule has 4 heteroatoms. The van der Waals surface area contributed by atoms with E-state index in [1.54, 1.807) is 12.1 Å². The number of hydrogen-bond acceptors (Lipinski definition) is 2. The molecule has 20 heavy (non-hydrogen) atoms. The molecule has 0 fully saturated rings. The van der Waals surface area contributed by atoms with Gasteiger partial charge in [-0.25, -0.2) is 4.39 Å². The van der Waals surface area contributed by atoms with Gasteiger partial charge in [0.1, 0.15) is 5.82 Å². The predicted molar refractivity (Wildman–Crippen MR) is 84.0 cm³/mol. The largest absolute Gasteiger partial charge is 0.341 e. The Balaban J connectivity index is 2.05. The van der Waals surface area contributed by atoms with Gasteiger partial charge < -0.3 is 10.2 Å². The summed E-state index contributed by atoms with van der Waals surface area (Å²) < 4.78 is 14.6. The van der Waals surface area contributed by atoms with Gasteiger partial charge in [0.2, 0.25) is 0 Å². The summed E-state index contributed by atoms with van der Waals surface area (Å²) in [5, 5.41) is 3.19. The summed E-state index contributed by atoms with van der Waals surface area (Å²) in [6.07, 6.45) is 0.963. The lowest BCUT2D eigenvalue weighted by Gasteiger charge is -2.23. The highest BCUT2D eigenvalue weighted by molar-refractivity contribution is 9.10. The maximum atomic E-state index is 13.5. The molecule has 2 nitrogen and oxygen atoms in total. The second kappa shape index (κ2) is 5.54. The van der Waals surface area contributed by atoms with Crippen molar-refractivity contribution in [3.05, 3.63) is 57.8 Å². The molecule has 0 atom stereocenters. The smallest absolute Gasteiger partial charge is 0.125 e. The SMILES string of the molecule is CNCc1cc(Br)ccc1N1CCc2ccc(F)cc21. The summed E-state index contributed by atoms with van der Waals surface area (Å²) in [6, 6.07) is 11.3. The number of nitrogens with one attached hydrogen (secondary N) is 1. The van der Waals surface area contributed by atoms with Crippen molar-refractivity contribution in [2.45, 2.75) is 13.0 Å². The fourth-order valence-electron chi connectivity index (χ4n) is 2.75. The maximum absolute atomic E-state index is 13.5. The van der Waals surface area contributed by atoms with Crippen LogP contribution >= 0.6 is 15.9 Å². The highest BCUT2D eigenvalue weighted by atomic mass is 79.9. The third-order valence-electron chi connectivity index (χ3n) is 3.64. The van der Waals surface area contributed by atoms with Crippen LogP contribution in [0.25, 0.3) is 0 Å². The molecule has 0 saturated carbocycles. The molecule has 0 aromatic heterocycles. The van der Waals surface area contributed by atoms with E-state index in [0.29, 0.717) is 0 Å². The molecule has 1 heterocycles. The summed E-state index contributed by atoms with van der Waals surface area (Å²) in [4.78, 5) is 2.21. The van der Waals surface area contributed by atoms with E-state index in [2.05, 4.69) is 38.3 Å². The molecule has 0 radical (unpaired) electrons. The topological polar surface area (TPSA) is 15.3 Å². The van der Waals surface area contributed by atoms with Crippen LogP contribution in [0.4, 0.5) is 15.8 Å². The van der Waals surface area contributed by atoms with Gasteiger partial charge in [-0.05, 0) is 54.9 Å². The molecule has 1 aliphatic rings. The minimum atomic E-state index is -0.178. The van der Waals surface area contributed by atoms with Crippen LogP contribution in [0.5, 0.6) is 0 Å². The van der Waals surface area contributed by atoms with Gasteiger partial charge in [-0.2, -0.15) is 0 Å². The van der Waals surface area contributed by atoms with E-state index in [0.717, 1.165) is 35.4 Å². The molecular formula is C16H16BrFN2. The zero-order valence-electron chi connectivity index (χ0n) is 11.3. The minimum Gasteiger partial charge on any atom is -0.341 e. The number of fused-ring (bicyclic) bond motifs is 1. The van der Waals surface area contributed by atoms with Crippen molar-refractivity contribution in [3.8, 4) is 0 Å². The van der Waals surface area contributed by atoms with Crippen molar-refractivity contribution in [3.63, 3.8) is 0 Å². The van der Waals surface area contributed by atoms with Crippen LogP contribution in [0.15, 0.2) is 40.9 Å². The van der Waals surface area contributed by atoms with Gasteiger partial charge in [0.05, 0.1) is 0 Å². The van der Waals surface area contributed by atoms with Gasteiger partial charge in [-0.15, -0.1) is 0 Å². The molecule has 3 rings (SSSR count). The Labute approximate surface area is 126 Å². The molecule has 104 valence electrons. The molecular weight excluding hydrogens is 319 g/mol. The van der Waals surface area contributed by atoms with Gasteiger partial charge in [0, 0.05) is 28.9 Å².